The minimum Gasteiger partial charge on any atom is -0.507 e. The van der Waals surface area contributed by atoms with Gasteiger partial charge in [-0.1, -0.05) is 67.1 Å². The average molecular weight is 442 g/mol. The van der Waals surface area contributed by atoms with Gasteiger partial charge in [0.05, 0.1) is 18.2 Å². The Kier molecular flexibility index (Phi) is 6.31. The molecule has 0 aromatic heterocycles. The molecule has 0 spiro atoms. The number of aliphatic hydroxyl groups excluding tert-OH is 1. The number of carbonyl (C=O) groups is 2. The number of carbonyl (C=O) groups excluding carboxylic acids is 2. The fourth-order valence-electron chi connectivity index (χ4n) is 4.20. The van der Waals surface area contributed by atoms with Crippen LogP contribution in [-0.4, -0.2) is 23.4 Å². The van der Waals surface area contributed by atoms with E-state index in [0.29, 0.717) is 23.6 Å². The Hall–Kier alpha value is -3.86. The Morgan fingerprint density at radius 2 is 1.70 bits per heavy atom. The monoisotopic (exact) mass is 441 g/mol. The van der Waals surface area contributed by atoms with Gasteiger partial charge in [0.15, 0.2) is 0 Å². The summed E-state index contributed by atoms with van der Waals surface area (Å²) in [4.78, 5) is 28.0. The maximum Gasteiger partial charge on any atom is 0.300 e. The number of benzene rings is 3. The molecule has 0 aliphatic carbocycles. The van der Waals surface area contributed by atoms with Crippen LogP contribution in [0.25, 0.3) is 5.76 Å². The van der Waals surface area contributed by atoms with Gasteiger partial charge in [-0.25, -0.2) is 0 Å². The van der Waals surface area contributed by atoms with Crippen LogP contribution in [0.15, 0.2) is 78.4 Å². The van der Waals surface area contributed by atoms with E-state index >= 15 is 0 Å². The Balaban J connectivity index is 1.91. The molecule has 1 heterocycles. The summed E-state index contributed by atoms with van der Waals surface area (Å²) in [5, 5.41) is 11.2. The van der Waals surface area contributed by atoms with E-state index in [0.717, 1.165) is 23.1 Å². The zero-order valence-corrected chi connectivity index (χ0v) is 19.0. The van der Waals surface area contributed by atoms with Gasteiger partial charge in [-0.2, -0.15) is 0 Å². The van der Waals surface area contributed by atoms with Crippen LogP contribution in [0.2, 0.25) is 0 Å². The molecule has 5 nitrogen and oxygen atoms in total. The van der Waals surface area contributed by atoms with Gasteiger partial charge in [-0.3, -0.25) is 14.5 Å². The molecule has 0 radical (unpaired) electrons. The second-order valence-corrected chi connectivity index (χ2v) is 8.06. The lowest BCUT2D eigenvalue weighted by molar-refractivity contribution is -0.132. The van der Waals surface area contributed by atoms with E-state index in [-0.39, 0.29) is 11.3 Å². The molecule has 1 fully saturated rings. The Morgan fingerprint density at radius 3 is 2.36 bits per heavy atom. The minimum atomic E-state index is -0.757. The molecule has 33 heavy (non-hydrogen) atoms. The van der Waals surface area contributed by atoms with Crippen molar-refractivity contribution in [3.05, 3.63) is 101 Å². The normalized spacial score (nSPS) is 17.4. The van der Waals surface area contributed by atoms with Crippen LogP contribution in [-0.2, 0) is 16.0 Å². The van der Waals surface area contributed by atoms with Gasteiger partial charge < -0.3 is 9.84 Å². The molecule has 5 heteroatoms. The predicted octanol–water partition coefficient (Wildman–Crippen LogP) is 5.58. The van der Waals surface area contributed by atoms with Crippen molar-refractivity contribution >= 4 is 23.1 Å². The second kappa shape index (κ2) is 9.33. The zero-order chi connectivity index (χ0) is 23.5. The van der Waals surface area contributed by atoms with E-state index in [9.17, 15) is 14.7 Å². The first kappa shape index (κ1) is 22.3. The van der Waals surface area contributed by atoms with Crippen LogP contribution in [0, 0.1) is 6.92 Å². The van der Waals surface area contributed by atoms with Gasteiger partial charge >= 0.3 is 0 Å². The number of hydrogen-bond donors (Lipinski definition) is 1. The topological polar surface area (TPSA) is 66.8 Å². The van der Waals surface area contributed by atoms with Crippen molar-refractivity contribution < 1.29 is 19.4 Å². The molecular weight excluding hydrogens is 414 g/mol. The highest BCUT2D eigenvalue weighted by Gasteiger charge is 2.47. The second-order valence-electron chi connectivity index (χ2n) is 8.06. The number of hydrogen-bond acceptors (Lipinski definition) is 4. The zero-order valence-electron chi connectivity index (χ0n) is 19.0. The van der Waals surface area contributed by atoms with Gasteiger partial charge in [-0.05, 0) is 43.5 Å². The van der Waals surface area contributed by atoms with Crippen molar-refractivity contribution in [1.82, 2.24) is 0 Å². The van der Waals surface area contributed by atoms with Crippen molar-refractivity contribution in [1.29, 1.82) is 0 Å². The van der Waals surface area contributed by atoms with Gasteiger partial charge in [0.1, 0.15) is 11.5 Å². The summed E-state index contributed by atoms with van der Waals surface area (Å²) in [6, 6.07) is 21.4. The van der Waals surface area contributed by atoms with Crippen molar-refractivity contribution in [2.24, 2.45) is 0 Å². The van der Waals surface area contributed by atoms with Crippen molar-refractivity contribution in [2.75, 3.05) is 11.5 Å². The molecule has 0 bridgehead atoms. The summed E-state index contributed by atoms with van der Waals surface area (Å²) in [5.74, 6) is -0.955. The highest BCUT2D eigenvalue weighted by molar-refractivity contribution is 6.51. The highest BCUT2D eigenvalue weighted by atomic mass is 16.5. The number of rotatable bonds is 6. The van der Waals surface area contributed by atoms with Crippen LogP contribution in [0.5, 0.6) is 5.75 Å². The van der Waals surface area contributed by atoms with E-state index in [4.69, 9.17) is 4.74 Å². The van der Waals surface area contributed by atoms with Gasteiger partial charge in [-0.15, -0.1) is 0 Å². The molecule has 3 aromatic rings. The predicted molar refractivity (Wildman–Crippen MR) is 129 cm³/mol. The fourth-order valence-corrected chi connectivity index (χ4v) is 4.20. The van der Waals surface area contributed by atoms with Crippen molar-refractivity contribution in [3.8, 4) is 5.75 Å². The number of amides is 1. The number of nitrogens with zero attached hydrogens (tertiary/aromatic N) is 1. The molecule has 168 valence electrons. The molecule has 0 saturated carbocycles. The molecule has 1 N–H and O–H groups in total. The third-order valence-corrected chi connectivity index (χ3v) is 5.84. The quantitative estimate of drug-likeness (QED) is 0.308. The molecule has 1 amide bonds. The lowest BCUT2D eigenvalue weighted by Gasteiger charge is -2.26. The van der Waals surface area contributed by atoms with Gasteiger partial charge in [0.25, 0.3) is 11.7 Å². The van der Waals surface area contributed by atoms with Crippen LogP contribution in [0.4, 0.5) is 5.69 Å². The summed E-state index contributed by atoms with van der Waals surface area (Å²) in [6.45, 7) is 6.37. The molecule has 1 aliphatic rings. The first-order chi connectivity index (χ1) is 15.9. The third kappa shape index (κ3) is 4.27. The maximum absolute atomic E-state index is 13.3. The molecule has 1 aliphatic heterocycles. The molecule has 1 unspecified atom stereocenters. The summed E-state index contributed by atoms with van der Waals surface area (Å²) >= 11 is 0. The summed E-state index contributed by atoms with van der Waals surface area (Å²) in [7, 11) is 0. The van der Waals surface area contributed by atoms with E-state index < -0.39 is 17.7 Å². The first-order valence-corrected chi connectivity index (χ1v) is 11.1. The van der Waals surface area contributed by atoms with Crippen LogP contribution >= 0.6 is 0 Å². The number of aryl methyl sites for hydroxylation is 2. The van der Waals surface area contributed by atoms with E-state index in [2.05, 4.69) is 6.92 Å². The third-order valence-electron chi connectivity index (χ3n) is 5.84. The number of ether oxygens (including phenoxy) is 1. The summed E-state index contributed by atoms with van der Waals surface area (Å²) in [6.07, 6.45) is 0.866. The smallest absolute Gasteiger partial charge is 0.300 e. The van der Waals surface area contributed by atoms with E-state index in [1.165, 1.54) is 4.90 Å². The molecule has 1 atom stereocenters. The number of Topliss-reactive ketones (excluding diaryl/α,β-unsaturated/α-hetero) is 1. The first-order valence-electron chi connectivity index (χ1n) is 11.1. The summed E-state index contributed by atoms with van der Waals surface area (Å²) < 4.78 is 5.61. The highest BCUT2D eigenvalue weighted by Crippen LogP contribution is 2.43. The Labute approximate surface area is 193 Å². The number of aliphatic hydroxyl groups is 1. The number of anilines is 1. The lowest BCUT2D eigenvalue weighted by Crippen LogP contribution is -2.29. The lowest BCUT2D eigenvalue weighted by atomic mass is 9.94. The Bertz CT molecular complexity index is 1230. The fraction of sp³-hybridized carbons (Fsp3) is 0.214. The Morgan fingerprint density at radius 1 is 0.970 bits per heavy atom. The molecule has 1 saturated heterocycles. The maximum atomic E-state index is 13.3. The van der Waals surface area contributed by atoms with Gasteiger partial charge in [0, 0.05) is 17.3 Å². The van der Waals surface area contributed by atoms with Crippen molar-refractivity contribution in [2.45, 2.75) is 33.2 Å². The minimum absolute atomic E-state index is 0.0802. The van der Waals surface area contributed by atoms with Crippen molar-refractivity contribution in [3.63, 3.8) is 0 Å². The van der Waals surface area contributed by atoms with Crippen LogP contribution in [0.3, 0.4) is 0 Å². The molecule has 4 rings (SSSR count). The van der Waals surface area contributed by atoms with Crippen LogP contribution in [0.1, 0.15) is 42.1 Å². The number of ketones is 1. The average Bonchev–Trinajstić information content (AvgIpc) is 3.09. The largest absolute Gasteiger partial charge is 0.507 e. The summed E-state index contributed by atoms with van der Waals surface area (Å²) in [5.41, 5.74) is 3.99. The van der Waals surface area contributed by atoms with E-state index in [1.54, 1.807) is 36.4 Å². The standard InChI is InChI=1S/C28H27NO4/c1-4-19-12-14-20(15-13-19)26(30)24-25(21-9-6-8-18(3)16-21)29(28(32)27(24)31)22-10-7-11-23(17-22)33-5-2/h6-17,25,30H,4-5H2,1-3H3/b26-24+. The van der Waals surface area contributed by atoms with Crippen LogP contribution < -0.4 is 9.64 Å². The SMILES string of the molecule is CCOc1cccc(N2C(=O)C(=O)/C(=C(/O)c3ccc(CC)cc3)C2c2cccc(C)c2)c1. The molecule has 3 aromatic carbocycles. The van der Waals surface area contributed by atoms with Gasteiger partial charge in [0.2, 0.25) is 0 Å². The van der Waals surface area contributed by atoms with E-state index in [1.807, 2.05) is 50.2 Å². The molecular formula is C28H27NO4.